The van der Waals surface area contributed by atoms with Crippen molar-refractivity contribution in [2.75, 3.05) is 7.05 Å². The molecule has 1 aliphatic rings. The smallest absolute Gasteiger partial charge is 0.272 e. The molecule has 1 heterocycles. The van der Waals surface area contributed by atoms with Gasteiger partial charge >= 0.3 is 0 Å². The van der Waals surface area contributed by atoms with Gasteiger partial charge in [-0.05, 0) is 30.8 Å². The van der Waals surface area contributed by atoms with Gasteiger partial charge in [0.1, 0.15) is 5.57 Å². The molecule has 7 nitrogen and oxygen atoms in total. The summed E-state index contributed by atoms with van der Waals surface area (Å²) in [5, 5.41) is 13.3. The number of thiocarbonyl (C=S) groups is 1. The minimum atomic E-state index is -0.619. The molecule has 108 valence electrons. The predicted octanol–water partition coefficient (Wildman–Crippen LogP) is 1.16. The number of nitrogens with one attached hydrogen (secondary N) is 1. The number of hydrogen-bond donors (Lipinski definition) is 1. The molecule has 1 aromatic carbocycles. The summed E-state index contributed by atoms with van der Waals surface area (Å²) in [5.41, 5.74) is 0.702. The van der Waals surface area contributed by atoms with Gasteiger partial charge in [-0.2, -0.15) is 0 Å². The summed E-state index contributed by atoms with van der Waals surface area (Å²) in [5.74, 6) is -1.17. The van der Waals surface area contributed by atoms with E-state index < -0.39 is 16.7 Å². The van der Waals surface area contributed by atoms with Crippen molar-refractivity contribution >= 4 is 40.9 Å². The van der Waals surface area contributed by atoms with Gasteiger partial charge < -0.3 is 0 Å². The first kappa shape index (κ1) is 14.8. The number of carbonyl (C=O) groups excluding carboxylic acids is 2. The monoisotopic (exact) mass is 305 g/mol. The molecule has 1 aliphatic heterocycles. The Morgan fingerprint density at radius 1 is 1.38 bits per heavy atom. The summed E-state index contributed by atoms with van der Waals surface area (Å²) in [6.07, 6.45) is 1.31. The van der Waals surface area contributed by atoms with E-state index in [4.69, 9.17) is 12.2 Å². The van der Waals surface area contributed by atoms with Crippen molar-refractivity contribution in [1.29, 1.82) is 0 Å². The lowest BCUT2D eigenvalue weighted by atomic mass is 10.1. The fourth-order valence-electron chi connectivity index (χ4n) is 1.83. The van der Waals surface area contributed by atoms with Crippen LogP contribution in [0.5, 0.6) is 0 Å². The topological polar surface area (TPSA) is 92.6 Å². The maximum absolute atomic E-state index is 12.0. The van der Waals surface area contributed by atoms with E-state index in [0.717, 1.165) is 4.90 Å². The number of rotatable bonds is 2. The molecule has 0 atom stereocenters. The first-order valence-electron chi connectivity index (χ1n) is 5.91. The zero-order valence-electron chi connectivity index (χ0n) is 11.2. The zero-order valence-corrected chi connectivity index (χ0v) is 12.1. The van der Waals surface area contributed by atoms with E-state index in [2.05, 4.69) is 5.32 Å². The van der Waals surface area contributed by atoms with Gasteiger partial charge in [-0.15, -0.1) is 0 Å². The van der Waals surface area contributed by atoms with Crippen LogP contribution in [0.4, 0.5) is 5.69 Å². The van der Waals surface area contributed by atoms with Gasteiger partial charge in [0.2, 0.25) is 0 Å². The highest BCUT2D eigenvalue weighted by Crippen LogP contribution is 2.21. The van der Waals surface area contributed by atoms with E-state index in [0.29, 0.717) is 11.1 Å². The molecule has 2 rings (SSSR count). The number of nitro benzene ring substituents is 1. The fourth-order valence-corrected chi connectivity index (χ4v) is 2.00. The average Bonchev–Trinajstić information content (AvgIpc) is 2.42. The molecule has 0 bridgehead atoms. The maximum Gasteiger partial charge on any atom is 0.272 e. The molecule has 8 heteroatoms. The molecule has 2 amide bonds. The van der Waals surface area contributed by atoms with Crippen LogP contribution in [0.3, 0.4) is 0 Å². The van der Waals surface area contributed by atoms with Crippen LogP contribution < -0.4 is 5.32 Å². The molecule has 0 saturated carbocycles. The summed E-state index contributed by atoms with van der Waals surface area (Å²) in [7, 11) is 1.44. The first-order valence-corrected chi connectivity index (χ1v) is 6.32. The second-order valence-electron chi connectivity index (χ2n) is 4.48. The summed E-state index contributed by atoms with van der Waals surface area (Å²) in [4.78, 5) is 35.3. The molecule has 1 fully saturated rings. The second-order valence-corrected chi connectivity index (χ2v) is 4.87. The normalized spacial score (nSPS) is 17.1. The summed E-state index contributed by atoms with van der Waals surface area (Å²) in [6.45, 7) is 1.61. The predicted molar refractivity (Wildman–Crippen MR) is 79.3 cm³/mol. The number of aryl methyl sites for hydroxylation is 1. The van der Waals surface area contributed by atoms with Crippen molar-refractivity contribution in [3.8, 4) is 0 Å². The molecular formula is C13H11N3O4S. The van der Waals surface area contributed by atoms with Gasteiger partial charge in [0.25, 0.3) is 17.5 Å². The molecule has 0 spiro atoms. The molecule has 0 unspecified atom stereocenters. The molecule has 0 aliphatic carbocycles. The quantitative estimate of drug-likeness (QED) is 0.291. The largest absolute Gasteiger partial charge is 0.298 e. The lowest BCUT2D eigenvalue weighted by Gasteiger charge is -2.25. The third-order valence-corrected chi connectivity index (χ3v) is 3.42. The van der Waals surface area contributed by atoms with Gasteiger partial charge in [-0.3, -0.25) is 29.9 Å². The van der Waals surface area contributed by atoms with Crippen LogP contribution in [0.2, 0.25) is 0 Å². The number of hydrogen-bond acceptors (Lipinski definition) is 5. The van der Waals surface area contributed by atoms with E-state index in [-0.39, 0.29) is 16.4 Å². The molecule has 1 aromatic rings. The van der Waals surface area contributed by atoms with Gasteiger partial charge in [0.15, 0.2) is 5.11 Å². The Morgan fingerprint density at radius 2 is 2.05 bits per heavy atom. The number of amides is 2. The van der Waals surface area contributed by atoms with E-state index in [9.17, 15) is 19.7 Å². The van der Waals surface area contributed by atoms with Crippen LogP contribution >= 0.6 is 12.2 Å². The Bertz CT molecular complexity index is 711. The molecule has 1 N–H and O–H groups in total. The standard InChI is InChI=1S/C13H11N3O4S/c1-7-3-4-8(6-10(7)16(19)20)5-9-11(17)14-13(21)15(2)12(9)18/h3-6H,1-2H3,(H,14,17,21)/b9-5+. The van der Waals surface area contributed by atoms with Crippen LogP contribution in [0, 0.1) is 17.0 Å². The van der Waals surface area contributed by atoms with Crippen molar-refractivity contribution in [2.45, 2.75) is 6.92 Å². The maximum atomic E-state index is 12.0. The van der Waals surface area contributed by atoms with Gasteiger partial charge in [-0.25, -0.2) is 0 Å². The van der Waals surface area contributed by atoms with Crippen molar-refractivity contribution in [2.24, 2.45) is 0 Å². The molecular weight excluding hydrogens is 294 g/mol. The Hall–Kier alpha value is -2.61. The number of nitro groups is 1. The van der Waals surface area contributed by atoms with E-state index in [1.54, 1.807) is 19.1 Å². The zero-order chi connectivity index (χ0) is 15.7. The average molecular weight is 305 g/mol. The fraction of sp³-hybridized carbons (Fsp3) is 0.154. The minimum Gasteiger partial charge on any atom is -0.298 e. The summed E-state index contributed by atoms with van der Waals surface area (Å²) in [6, 6.07) is 4.47. The first-order chi connectivity index (χ1) is 9.81. The van der Waals surface area contributed by atoms with Crippen LogP contribution in [-0.2, 0) is 9.59 Å². The van der Waals surface area contributed by atoms with Crippen molar-refractivity contribution in [1.82, 2.24) is 10.2 Å². The van der Waals surface area contributed by atoms with Crippen LogP contribution in [0.1, 0.15) is 11.1 Å². The Labute approximate surface area is 125 Å². The van der Waals surface area contributed by atoms with E-state index >= 15 is 0 Å². The van der Waals surface area contributed by atoms with E-state index in [1.165, 1.54) is 19.2 Å². The minimum absolute atomic E-state index is 0.0250. The number of nitrogens with zero attached hydrogens (tertiary/aromatic N) is 2. The third-order valence-electron chi connectivity index (χ3n) is 3.05. The lowest BCUT2D eigenvalue weighted by Crippen LogP contribution is -2.52. The number of carbonyl (C=O) groups is 2. The van der Waals surface area contributed by atoms with Gasteiger partial charge in [-0.1, -0.05) is 12.1 Å². The Morgan fingerprint density at radius 3 is 2.67 bits per heavy atom. The van der Waals surface area contributed by atoms with Gasteiger partial charge in [0, 0.05) is 18.7 Å². The lowest BCUT2D eigenvalue weighted by molar-refractivity contribution is -0.385. The van der Waals surface area contributed by atoms with Crippen LogP contribution in [-0.4, -0.2) is 33.8 Å². The molecule has 0 aromatic heterocycles. The van der Waals surface area contributed by atoms with E-state index in [1.807, 2.05) is 0 Å². The summed E-state index contributed by atoms with van der Waals surface area (Å²) >= 11 is 4.83. The highest BCUT2D eigenvalue weighted by molar-refractivity contribution is 7.80. The molecule has 0 radical (unpaired) electrons. The second kappa shape index (κ2) is 5.41. The number of likely N-dealkylation sites (N-methyl/N-ethyl adjacent to an activating group) is 1. The Balaban J connectivity index is 2.46. The molecule has 1 saturated heterocycles. The Kier molecular flexibility index (Phi) is 3.81. The van der Waals surface area contributed by atoms with Gasteiger partial charge in [0.05, 0.1) is 4.92 Å². The SMILES string of the molecule is Cc1ccc(/C=C2\C(=O)NC(=S)N(C)C2=O)cc1[N+](=O)[O-]. The highest BCUT2D eigenvalue weighted by Gasteiger charge is 2.30. The summed E-state index contributed by atoms with van der Waals surface area (Å²) < 4.78 is 0. The number of benzene rings is 1. The van der Waals surface area contributed by atoms with Crippen molar-refractivity contribution < 1.29 is 14.5 Å². The highest BCUT2D eigenvalue weighted by atomic mass is 32.1. The van der Waals surface area contributed by atoms with Crippen LogP contribution in [0.25, 0.3) is 6.08 Å². The van der Waals surface area contributed by atoms with Crippen molar-refractivity contribution in [3.05, 3.63) is 45.0 Å². The third kappa shape index (κ3) is 2.79. The molecule has 21 heavy (non-hydrogen) atoms. The van der Waals surface area contributed by atoms with Crippen LogP contribution in [0.15, 0.2) is 23.8 Å². The van der Waals surface area contributed by atoms with Crippen molar-refractivity contribution in [3.63, 3.8) is 0 Å².